The van der Waals surface area contributed by atoms with Crippen LogP contribution < -0.4 is 0 Å². The van der Waals surface area contributed by atoms with Gasteiger partial charge in [0.05, 0.1) is 12.2 Å². The average Bonchev–Trinajstić information content (AvgIpc) is 2.42. The van der Waals surface area contributed by atoms with E-state index in [1.54, 1.807) is 0 Å². The molecule has 2 bridgehead atoms. The van der Waals surface area contributed by atoms with E-state index in [4.69, 9.17) is 4.74 Å². The molecule has 2 unspecified atom stereocenters. The first kappa shape index (κ1) is 7.35. The van der Waals surface area contributed by atoms with Gasteiger partial charge < -0.3 is 4.74 Å². The molecule has 0 spiro atoms. The minimum absolute atomic E-state index is 0.193. The summed E-state index contributed by atoms with van der Waals surface area (Å²) in [5.41, 5.74) is 1.87. The number of rotatable bonds is 1. The lowest BCUT2D eigenvalue weighted by atomic mass is 9.81. The second kappa shape index (κ2) is 1.89. The van der Waals surface area contributed by atoms with Crippen LogP contribution in [0.25, 0.3) is 0 Å². The van der Waals surface area contributed by atoms with Crippen molar-refractivity contribution < 1.29 is 4.74 Å². The molecule has 1 heterocycles. The molecule has 1 saturated heterocycles. The van der Waals surface area contributed by atoms with Gasteiger partial charge in [-0.3, -0.25) is 0 Å². The third-order valence-corrected chi connectivity index (χ3v) is 3.45. The second-order valence-corrected chi connectivity index (χ2v) is 4.48. The second-order valence-electron chi connectivity index (χ2n) is 4.48. The summed E-state index contributed by atoms with van der Waals surface area (Å²) in [6.07, 6.45) is 3.72. The van der Waals surface area contributed by atoms with Gasteiger partial charge in [-0.05, 0) is 33.1 Å². The standard InChI is InChI=1S/C10H16O/c1-8(2)10-5-4-9(3,6-10)11-7-10/h1,4-7H2,2-3H3. The van der Waals surface area contributed by atoms with Crippen molar-refractivity contribution in [3.8, 4) is 0 Å². The Kier molecular flexibility index (Phi) is 1.26. The van der Waals surface area contributed by atoms with E-state index < -0.39 is 0 Å². The Hall–Kier alpha value is -0.300. The van der Waals surface area contributed by atoms with Gasteiger partial charge >= 0.3 is 0 Å². The van der Waals surface area contributed by atoms with Crippen LogP contribution in [-0.2, 0) is 4.74 Å². The van der Waals surface area contributed by atoms with Gasteiger partial charge in [-0.2, -0.15) is 0 Å². The summed E-state index contributed by atoms with van der Waals surface area (Å²) in [4.78, 5) is 0. The van der Waals surface area contributed by atoms with Crippen LogP contribution in [0.4, 0.5) is 0 Å². The topological polar surface area (TPSA) is 9.23 Å². The van der Waals surface area contributed by atoms with Crippen molar-refractivity contribution in [3.05, 3.63) is 12.2 Å². The Morgan fingerprint density at radius 2 is 2.18 bits per heavy atom. The molecule has 0 amide bonds. The molecule has 2 aliphatic rings. The molecule has 62 valence electrons. The largest absolute Gasteiger partial charge is 0.374 e. The van der Waals surface area contributed by atoms with Gasteiger partial charge in [-0.25, -0.2) is 0 Å². The highest BCUT2D eigenvalue weighted by molar-refractivity contribution is 5.17. The predicted octanol–water partition coefficient (Wildman–Crippen LogP) is 2.52. The van der Waals surface area contributed by atoms with Gasteiger partial charge in [-0.1, -0.05) is 12.2 Å². The SMILES string of the molecule is C=C(C)C12CCC(C)(C1)OC2. The molecular weight excluding hydrogens is 136 g/mol. The quantitative estimate of drug-likeness (QED) is 0.525. The molecule has 2 rings (SSSR count). The molecule has 1 nitrogen and oxygen atoms in total. The normalized spacial score (nSPS) is 48.2. The van der Waals surface area contributed by atoms with Gasteiger partial charge in [0.25, 0.3) is 0 Å². The summed E-state index contributed by atoms with van der Waals surface area (Å²) in [7, 11) is 0. The molecule has 1 heteroatoms. The molecule has 0 aromatic carbocycles. The minimum atomic E-state index is 0.193. The summed E-state index contributed by atoms with van der Waals surface area (Å²) in [5.74, 6) is 0. The predicted molar refractivity (Wildman–Crippen MR) is 45.5 cm³/mol. The van der Waals surface area contributed by atoms with Crippen molar-refractivity contribution >= 4 is 0 Å². The zero-order valence-corrected chi connectivity index (χ0v) is 7.44. The maximum absolute atomic E-state index is 5.74. The maximum atomic E-state index is 5.74. The van der Waals surface area contributed by atoms with Crippen LogP contribution in [0.2, 0.25) is 0 Å². The average molecular weight is 152 g/mol. The van der Waals surface area contributed by atoms with E-state index in [1.165, 1.54) is 24.8 Å². The molecule has 1 saturated carbocycles. The Balaban J connectivity index is 2.27. The summed E-state index contributed by atoms with van der Waals surface area (Å²) in [6.45, 7) is 9.34. The Bertz CT molecular complexity index is 197. The van der Waals surface area contributed by atoms with Crippen molar-refractivity contribution in [2.75, 3.05) is 6.61 Å². The third-order valence-electron chi connectivity index (χ3n) is 3.45. The number of hydrogen-bond acceptors (Lipinski definition) is 1. The van der Waals surface area contributed by atoms with E-state index in [-0.39, 0.29) is 5.60 Å². The molecular formula is C10H16O. The third kappa shape index (κ3) is 0.871. The summed E-state index contributed by atoms with van der Waals surface area (Å²) >= 11 is 0. The molecule has 11 heavy (non-hydrogen) atoms. The van der Waals surface area contributed by atoms with Crippen LogP contribution in [0.15, 0.2) is 12.2 Å². The van der Waals surface area contributed by atoms with E-state index >= 15 is 0 Å². The molecule has 0 aromatic rings. The molecule has 0 aromatic heterocycles. The minimum Gasteiger partial charge on any atom is -0.374 e. The van der Waals surface area contributed by atoms with Crippen LogP contribution in [0.5, 0.6) is 0 Å². The highest BCUT2D eigenvalue weighted by atomic mass is 16.5. The first-order valence-electron chi connectivity index (χ1n) is 4.36. The lowest BCUT2D eigenvalue weighted by molar-refractivity contribution is -0.0105. The van der Waals surface area contributed by atoms with Crippen molar-refractivity contribution in [2.45, 2.75) is 38.7 Å². The smallest absolute Gasteiger partial charge is 0.0664 e. The van der Waals surface area contributed by atoms with Crippen LogP contribution in [0.3, 0.4) is 0 Å². The molecule has 0 radical (unpaired) electrons. The Morgan fingerprint density at radius 3 is 2.36 bits per heavy atom. The van der Waals surface area contributed by atoms with Crippen molar-refractivity contribution in [1.82, 2.24) is 0 Å². The maximum Gasteiger partial charge on any atom is 0.0664 e. The lowest BCUT2D eigenvalue weighted by Crippen LogP contribution is -2.23. The number of ether oxygens (including phenoxy) is 1. The Labute approximate surface area is 68.4 Å². The van der Waals surface area contributed by atoms with E-state index in [0.29, 0.717) is 5.41 Å². The van der Waals surface area contributed by atoms with Gasteiger partial charge in [0.2, 0.25) is 0 Å². The molecule has 0 N–H and O–H groups in total. The molecule has 2 atom stereocenters. The van der Waals surface area contributed by atoms with E-state index in [2.05, 4.69) is 20.4 Å². The van der Waals surface area contributed by atoms with Crippen molar-refractivity contribution in [3.63, 3.8) is 0 Å². The highest BCUT2D eigenvalue weighted by Crippen LogP contribution is 2.55. The van der Waals surface area contributed by atoms with Gasteiger partial charge in [0, 0.05) is 5.41 Å². The fourth-order valence-corrected chi connectivity index (χ4v) is 2.44. The van der Waals surface area contributed by atoms with Gasteiger partial charge in [0.1, 0.15) is 0 Å². The summed E-state index contributed by atoms with van der Waals surface area (Å²) in [5, 5.41) is 0. The fourth-order valence-electron chi connectivity index (χ4n) is 2.44. The van der Waals surface area contributed by atoms with Crippen LogP contribution in [0, 0.1) is 5.41 Å². The number of fused-ring (bicyclic) bond motifs is 2. The monoisotopic (exact) mass is 152 g/mol. The van der Waals surface area contributed by atoms with Crippen molar-refractivity contribution in [1.29, 1.82) is 0 Å². The van der Waals surface area contributed by atoms with Crippen LogP contribution in [0.1, 0.15) is 33.1 Å². The van der Waals surface area contributed by atoms with Crippen LogP contribution in [-0.4, -0.2) is 12.2 Å². The zero-order valence-electron chi connectivity index (χ0n) is 7.44. The summed E-state index contributed by atoms with van der Waals surface area (Å²) < 4.78 is 5.74. The first-order chi connectivity index (χ1) is 5.06. The first-order valence-corrected chi connectivity index (χ1v) is 4.36. The number of hydrogen-bond donors (Lipinski definition) is 0. The van der Waals surface area contributed by atoms with Crippen LogP contribution >= 0.6 is 0 Å². The van der Waals surface area contributed by atoms with E-state index in [1.807, 2.05) is 0 Å². The molecule has 1 aliphatic heterocycles. The van der Waals surface area contributed by atoms with Gasteiger partial charge in [-0.15, -0.1) is 0 Å². The lowest BCUT2D eigenvalue weighted by Gasteiger charge is -2.26. The molecule has 1 aliphatic carbocycles. The van der Waals surface area contributed by atoms with Gasteiger partial charge in [0.15, 0.2) is 0 Å². The van der Waals surface area contributed by atoms with E-state index in [0.717, 1.165) is 6.61 Å². The summed E-state index contributed by atoms with van der Waals surface area (Å²) in [6, 6.07) is 0. The Morgan fingerprint density at radius 1 is 1.45 bits per heavy atom. The van der Waals surface area contributed by atoms with E-state index in [9.17, 15) is 0 Å². The molecule has 2 fully saturated rings. The zero-order chi connectivity index (χ0) is 8.11. The van der Waals surface area contributed by atoms with Crippen molar-refractivity contribution in [2.24, 2.45) is 5.41 Å². The highest BCUT2D eigenvalue weighted by Gasteiger charge is 2.53. The fraction of sp³-hybridized carbons (Fsp3) is 0.800.